The van der Waals surface area contributed by atoms with Crippen LogP contribution in [0.4, 0.5) is 22.7 Å². The van der Waals surface area contributed by atoms with Crippen LogP contribution in [0.2, 0.25) is 0 Å². The maximum absolute atomic E-state index is 12.5. The molecule has 0 atom stereocenters. The van der Waals surface area contributed by atoms with Crippen LogP contribution in [0.15, 0.2) is 72.8 Å². The number of ether oxygens (including phenoxy) is 1. The van der Waals surface area contributed by atoms with Crippen LogP contribution in [0.5, 0.6) is 0 Å². The number of aliphatic hydroxyl groups is 6. The summed E-state index contributed by atoms with van der Waals surface area (Å²) in [6, 6.07) is 23.5. The van der Waals surface area contributed by atoms with E-state index in [1.807, 2.05) is 139 Å². The molecule has 0 bridgehead atoms. The second-order valence-electron chi connectivity index (χ2n) is 21.8. The molecule has 91 heavy (non-hydrogen) atoms. The van der Waals surface area contributed by atoms with E-state index in [2.05, 4.69) is 9.97 Å². The van der Waals surface area contributed by atoms with Crippen molar-refractivity contribution in [2.75, 3.05) is 124 Å². The number of esters is 1. The quantitative estimate of drug-likeness (QED) is 0.0186. The van der Waals surface area contributed by atoms with Gasteiger partial charge in [-0.25, -0.2) is 19.9 Å². The van der Waals surface area contributed by atoms with Crippen LogP contribution in [-0.4, -0.2) is 213 Å². The average molecular weight is 1290 g/mol. The molecule has 0 spiro atoms. The third kappa shape index (κ3) is 20.7. The fourth-order valence-corrected chi connectivity index (χ4v) is 11.1. The van der Waals surface area contributed by atoms with E-state index in [1.165, 1.54) is 0 Å². The molecule has 27 heteroatoms. The van der Waals surface area contributed by atoms with Crippen LogP contribution in [0.1, 0.15) is 74.7 Å². The summed E-state index contributed by atoms with van der Waals surface area (Å²) in [6.45, 7) is 3.88. The number of hydrogen-bond acceptors (Lipinski definition) is 19. The highest BCUT2D eigenvalue weighted by molar-refractivity contribution is 6.18. The van der Waals surface area contributed by atoms with E-state index >= 15 is 0 Å². The lowest BCUT2D eigenvalue weighted by molar-refractivity contribution is -0.143. The minimum atomic E-state index is -0.824. The fraction of sp³-hybridized carbons (Fsp3) is 0.500. The molecule has 26 nitrogen and oxygen atoms in total. The monoisotopic (exact) mass is 1280 g/mol. The third-order valence-electron chi connectivity index (χ3n) is 15.6. The first-order valence-electron chi connectivity index (χ1n) is 30.7. The Morgan fingerprint density at radius 3 is 0.901 bits per heavy atom. The summed E-state index contributed by atoms with van der Waals surface area (Å²) in [7, 11) is 7.72. The molecule has 0 saturated carbocycles. The van der Waals surface area contributed by atoms with Crippen molar-refractivity contribution in [1.29, 1.82) is 0 Å². The standard InChI is InChI=1S/C32H44N6O7.C16H22ClN3O3.C16H23N3O4/c1-35-28-12-10-24(22-26(28)33-29(35)5-3-7-31(42)43)38(15-19-41)16-20-45-32(44)8-4-6-30-34-25-21-23(9-11-27(25)36(30)2)37(13-17-39)14-18-40;1-19-14-6-5-12(20(8-7-17)9-10-21)11-13(14)18-15(19)3-2-4-16(22)23;1-18-14-6-5-12(19(7-9-20)8-10-21)11-13(14)17-15(18)3-2-4-16(22)23/h9-12,21-22,39-41H,3-8,13-20H2,1-2H3,(H,42,43);5-6,11,21H,2-4,7-10H2,1H3,(H,22,23);5-6,11,20-21H,2-4,7-10H2,1H3,(H,22,23). The summed E-state index contributed by atoms with van der Waals surface area (Å²) in [4.78, 5) is 71.1. The number of aromatic nitrogens is 8. The lowest BCUT2D eigenvalue weighted by atomic mass is 10.2. The highest BCUT2D eigenvalue weighted by Gasteiger charge is 2.18. The minimum absolute atomic E-state index is 0.0123. The van der Waals surface area contributed by atoms with Crippen molar-refractivity contribution < 1.29 is 69.9 Å². The molecule has 0 saturated heterocycles. The lowest BCUT2D eigenvalue weighted by Crippen LogP contribution is -2.31. The number of carboxylic acid groups (broad SMARTS) is 3. The Hall–Kier alpha value is -8.11. The molecule has 0 aliphatic carbocycles. The Balaban J connectivity index is 0.000000240. The molecule has 0 radical (unpaired) electrons. The molecule has 0 aliphatic rings. The molecule has 0 fully saturated rings. The largest absolute Gasteiger partial charge is 0.481 e. The summed E-state index contributed by atoms with van der Waals surface area (Å²) in [5.74, 6) is 1.19. The van der Waals surface area contributed by atoms with E-state index in [1.54, 1.807) is 0 Å². The van der Waals surface area contributed by atoms with Gasteiger partial charge in [-0.15, -0.1) is 11.6 Å². The molecule has 0 amide bonds. The Bertz CT molecular complexity index is 3490. The number of imidazole rings is 4. The average Bonchev–Trinajstić information content (AvgIpc) is 2.00. The molecular weight excluding hydrogens is 1200 g/mol. The molecule has 4 aromatic heterocycles. The van der Waals surface area contributed by atoms with Gasteiger partial charge in [0.2, 0.25) is 0 Å². The number of benzene rings is 4. The van der Waals surface area contributed by atoms with E-state index in [-0.39, 0.29) is 77.9 Å². The topological polar surface area (TPSA) is 344 Å². The zero-order valence-electron chi connectivity index (χ0n) is 52.5. The van der Waals surface area contributed by atoms with Gasteiger partial charge in [-0.1, -0.05) is 0 Å². The molecule has 4 heterocycles. The van der Waals surface area contributed by atoms with Crippen molar-refractivity contribution in [2.45, 2.75) is 77.0 Å². The number of aliphatic hydroxyl groups excluding tert-OH is 6. The van der Waals surface area contributed by atoms with Gasteiger partial charge in [0, 0.05) is 154 Å². The van der Waals surface area contributed by atoms with E-state index in [4.69, 9.17) is 51.8 Å². The van der Waals surface area contributed by atoms with Crippen molar-refractivity contribution in [3.8, 4) is 0 Å². The van der Waals surface area contributed by atoms with Gasteiger partial charge < -0.3 is 88.6 Å². The van der Waals surface area contributed by atoms with Crippen molar-refractivity contribution >= 4 is 102 Å². The molecule has 496 valence electrons. The van der Waals surface area contributed by atoms with Crippen LogP contribution in [0.3, 0.4) is 0 Å². The van der Waals surface area contributed by atoms with Gasteiger partial charge in [0.05, 0.1) is 90.3 Å². The molecule has 8 rings (SSSR count). The van der Waals surface area contributed by atoms with Gasteiger partial charge in [0.1, 0.15) is 29.9 Å². The van der Waals surface area contributed by atoms with Crippen molar-refractivity contribution in [3.05, 3.63) is 96.1 Å². The number of carbonyl (C=O) groups is 4. The van der Waals surface area contributed by atoms with Gasteiger partial charge >= 0.3 is 23.9 Å². The van der Waals surface area contributed by atoms with E-state index < -0.39 is 17.9 Å². The predicted molar refractivity (Wildman–Crippen MR) is 351 cm³/mol. The lowest BCUT2D eigenvalue weighted by Gasteiger charge is -2.23. The van der Waals surface area contributed by atoms with Gasteiger partial charge in [0.15, 0.2) is 0 Å². The first-order valence-corrected chi connectivity index (χ1v) is 31.3. The van der Waals surface area contributed by atoms with Gasteiger partial charge in [-0.05, 0) is 98.5 Å². The predicted octanol–water partition coefficient (Wildman–Crippen LogP) is 4.81. The Morgan fingerprint density at radius 1 is 0.396 bits per heavy atom. The first kappa shape index (κ1) is 72.0. The Kier molecular flexibility index (Phi) is 29.0. The minimum Gasteiger partial charge on any atom is -0.481 e. The number of anilines is 4. The van der Waals surface area contributed by atoms with Crippen LogP contribution in [0.25, 0.3) is 44.1 Å². The van der Waals surface area contributed by atoms with Gasteiger partial charge in [0.25, 0.3) is 0 Å². The number of aliphatic carboxylic acids is 3. The number of halogens is 1. The van der Waals surface area contributed by atoms with E-state index in [0.717, 1.165) is 90.2 Å². The van der Waals surface area contributed by atoms with Gasteiger partial charge in [-0.2, -0.15) is 0 Å². The number of fused-ring (bicyclic) bond motifs is 4. The Morgan fingerprint density at radius 2 is 0.648 bits per heavy atom. The fourth-order valence-electron chi connectivity index (χ4n) is 10.9. The summed E-state index contributed by atoms with van der Waals surface area (Å²) in [5.41, 5.74) is 10.8. The number of carbonyl (C=O) groups excluding carboxylic acids is 1. The SMILES string of the molecule is Cn1c(CCCC(=O)O)nc2cc(N(CCO)CCCl)ccc21.Cn1c(CCCC(=O)O)nc2cc(N(CCO)CCO)ccc21.Cn1c(CCCC(=O)O)nc2cc(N(CCO)CCOC(=O)CCCc3nc4cc(N(CCO)CCO)ccc4n3C)ccc21. The number of rotatable bonds is 37. The Labute approximate surface area is 533 Å². The van der Waals surface area contributed by atoms with Crippen molar-refractivity contribution in [2.24, 2.45) is 28.2 Å². The van der Waals surface area contributed by atoms with Crippen LogP contribution in [-0.2, 0) is 77.8 Å². The summed E-state index contributed by atoms with van der Waals surface area (Å²) in [5, 5.41) is 82.2. The van der Waals surface area contributed by atoms with Crippen LogP contribution < -0.4 is 19.6 Å². The maximum Gasteiger partial charge on any atom is 0.305 e. The maximum atomic E-state index is 12.5. The summed E-state index contributed by atoms with van der Waals surface area (Å²) < 4.78 is 13.5. The third-order valence-corrected chi connectivity index (χ3v) is 15.8. The molecule has 0 unspecified atom stereocenters. The molecule has 0 aliphatic heterocycles. The number of aryl methyl sites for hydroxylation is 8. The second-order valence-corrected chi connectivity index (χ2v) is 22.2. The number of nitrogens with zero attached hydrogens (tertiary/aromatic N) is 12. The number of hydrogen-bond donors (Lipinski definition) is 9. The first-order chi connectivity index (χ1) is 43.9. The summed E-state index contributed by atoms with van der Waals surface area (Å²) in [6.07, 6.45) is 5.26. The van der Waals surface area contributed by atoms with Crippen LogP contribution >= 0.6 is 11.6 Å². The molecule has 4 aromatic carbocycles. The highest BCUT2D eigenvalue weighted by atomic mass is 35.5. The van der Waals surface area contributed by atoms with E-state index in [0.29, 0.717) is 110 Å². The summed E-state index contributed by atoms with van der Waals surface area (Å²) >= 11 is 5.82. The zero-order valence-corrected chi connectivity index (χ0v) is 53.3. The van der Waals surface area contributed by atoms with Gasteiger partial charge in [-0.3, -0.25) is 19.2 Å². The molecule has 8 aromatic rings. The number of carboxylic acids is 3. The highest BCUT2D eigenvalue weighted by Crippen LogP contribution is 2.28. The van der Waals surface area contributed by atoms with E-state index in [9.17, 15) is 39.6 Å². The smallest absolute Gasteiger partial charge is 0.305 e. The second kappa shape index (κ2) is 36.7. The van der Waals surface area contributed by atoms with Crippen molar-refractivity contribution in [3.63, 3.8) is 0 Å². The normalized spacial score (nSPS) is 11.2. The van der Waals surface area contributed by atoms with Crippen LogP contribution in [0, 0.1) is 0 Å². The molecule has 9 N–H and O–H groups in total. The number of alkyl halides is 1. The molecular formula is C64H89ClN12O14. The van der Waals surface area contributed by atoms with Crippen molar-refractivity contribution in [1.82, 2.24) is 38.2 Å². The zero-order chi connectivity index (χ0) is 66.0.